The lowest BCUT2D eigenvalue weighted by Gasteiger charge is -2.09. The Balaban J connectivity index is 1.79. The van der Waals surface area contributed by atoms with E-state index in [0.717, 1.165) is 5.56 Å². The topological polar surface area (TPSA) is 42.2 Å². The van der Waals surface area contributed by atoms with Crippen LogP contribution >= 0.6 is 11.6 Å². The summed E-state index contributed by atoms with van der Waals surface area (Å²) < 4.78 is 24.3. The third-order valence-corrected chi connectivity index (χ3v) is 3.02. The first-order valence-corrected chi connectivity index (χ1v) is 6.74. The van der Waals surface area contributed by atoms with Gasteiger partial charge in [0.05, 0.1) is 17.5 Å². The van der Waals surface area contributed by atoms with Gasteiger partial charge in [0.1, 0.15) is 19.0 Å². The third kappa shape index (κ3) is 4.37. The van der Waals surface area contributed by atoms with Crippen molar-refractivity contribution in [2.45, 2.75) is 6.42 Å². The van der Waals surface area contributed by atoms with Crippen LogP contribution in [0.15, 0.2) is 42.5 Å². The molecule has 0 unspecified atom stereocenters. The van der Waals surface area contributed by atoms with E-state index < -0.39 is 5.82 Å². The predicted molar refractivity (Wildman–Crippen MR) is 78.2 cm³/mol. The maximum Gasteiger partial charge on any atom is 0.183 e. The van der Waals surface area contributed by atoms with Gasteiger partial charge in [0.2, 0.25) is 0 Å². The molecule has 0 amide bonds. The third-order valence-electron chi connectivity index (χ3n) is 2.73. The Hall–Kier alpha value is -2.25. The minimum Gasteiger partial charge on any atom is -0.490 e. The van der Waals surface area contributed by atoms with E-state index in [2.05, 4.69) is 6.07 Å². The van der Waals surface area contributed by atoms with Gasteiger partial charge in [-0.15, -0.1) is 0 Å². The molecule has 0 saturated carbocycles. The fourth-order valence-corrected chi connectivity index (χ4v) is 1.87. The molecule has 3 nitrogen and oxygen atoms in total. The van der Waals surface area contributed by atoms with Crippen LogP contribution in [0.1, 0.15) is 5.56 Å². The van der Waals surface area contributed by atoms with Crippen LogP contribution in [0.5, 0.6) is 11.5 Å². The fourth-order valence-electron chi connectivity index (χ4n) is 1.70. The maximum atomic E-state index is 13.5. The van der Waals surface area contributed by atoms with E-state index >= 15 is 0 Å². The van der Waals surface area contributed by atoms with Crippen LogP contribution in [0, 0.1) is 17.1 Å². The lowest BCUT2D eigenvalue weighted by Crippen LogP contribution is -2.09. The van der Waals surface area contributed by atoms with E-state index in [1.807, 2.05) is 12.1 Å². The van der Waals surface area contributed by atoms with Crippen molar-refractivity contribution in [1.82, 2.24) is 0 Å². The number of ether oxygens (including phenoxy) is 2. The van der Waals surface area contributed by atoms with Crippen molar-refractivity contribution in [3.63, 3.8) is 0 Å². The summed E-state index contributed by atoms with van der Waals surface area (Å²) in [5.74, 6) is 0.211. The van der Waals surface area contributed by atoms with E-state index in [9.17, 15) is 4.39 Å². The van der Waals surface area contributed by atoms with E-state index in [-0.39, 0.29) is 24.0 Å². The normalized spacial score (nSPS) is 9.95. The standard InChI is InChI=1S/C16H13ClFNO2/c17-14-2-1-3-15(16(14)18)21-11-10-20-13-6-4-12(5-7-13)8-9-19/h1-7H,8,10-11H2. The SMILES string of the molecule is N#CCc1ccc(OCCOc2cccc(Cl)c2F)cc1. The fraction of sp³-hybridized carbons (Fsp3) is 0.188. The number of nitrogens with zero attached hydrogens (tertiary/aromatic N) is 1. The van der Waals surface area contributed by atoms with Crippen molar-refractivity contribution in [2.24, 2.45) is 0 Å². The van der Waals surface area contributed by atoms with Gasteiger partial charge in [0, 0.05) is 0 Å². The van der Waals surface area contributed by atoms with Crippen molar-refractivity contribution < 1.29 is 13.9 Å². The zero-order chi connectivity index (χ0) is 15.1. The maximum absolute atomic E-state index is 13.5. The summed E-state index contributed by atoms with van der Waals surface area (Å²) >= 11 is 5.65. The number of rotatable bonds is 6. The molecule has 0 spiro atoms. The first-order chi connectivity index (χ1) is 10.2. The molecule has 0 fully saturated rings. The largest absolute Gasteiger partial charge is 0.490 e. The van der Waals surface area contributed by atoms with Crippen molar-refractivity contribution in [1.29, 1.82) is 5.26 Å². The van der Waals surface area contributed by atoms with Gasteiger partial charge in [-0.1, -0.05) is 29.8 Å². The summed E-state index contributed by atoms with van der Waals surface area (Å²) in [6.45, 7) is 0.487. The van der Waals surface area contributed by atoms with Crippen LogP contribution in [0.2, 0.25) is 5.02 Å². The number of hydrogen-bond acceptors (Lipinski definition) is 3. The average Bonchev–Trinajstić information content (AvgIpc) is 2.50. The van der Waals surface area contributed by atoms with Crippen LogP contribution in [-0.4, -0.2) is 13.2 Å². The Morgan fingerprint density at radius 2 is 1.76 bits per heavy atom. The minimum absolute atomic E-state index is 0.0292. The molecule has 108 valence electrons. The van der Waals surface area contributed by atoms with E-state index in [1.165, 1.54) is 12.1 Å². The van der Waals surface area contributed by atoms with E-state index in [0.29, 0.717) is 12.2 Å². The highest BCUT2D eigenvalue weighted by atomic mass is 35.5. The lowest BCUT2D eigenvalue weighted by atomic mass is 10.2. The Kier molecular flexibility index (Phi) is 5.42. The zero-order valence-electron chi connectivity index (χ0n) is 11.2. The molecule has 0 heterocycles. The molecule has 0 saturated heterocycles. The van der Waals surface area contributed by atoms with E-state index in [1.54, 1.807) is 18.2 Å². The number of hydrogen-bond donors (Lipinski definition) is 0. The molecule has 0 N–H and O–H groups in total. The quantitative estimate of drug-likeness (QED) is 0.757. The molecule has 0 aliphatic carbocycles. The molecular weight excluding hydrogens is 293 g/mol. The molecule has 2 aromatic rings. The Morgan fingerprint density at radius 3 is 2.48 bits per heavy atom. The first-order valence-electron chi connectivity index (χ1n) is 6.36. The van der Waals surface area contributed by atoms with Crippen LogP contribution < -0.4 is 9.47 Å². The number of benzene rings is 2. The summed E-state index contributed by atoms with van der Waals surface area (Å²) in [7, 11) is 0. The highest BCUT2D eigenvalue weighted by Crippen LogP contribution is 2.23. The highest BCUT2D eigenvalue weighted by molar-refractivity contribution is 6.30. The summed E-state index contributed by atoms with van der Waals surface area (Å²) in [6.07, 6.45) is 0.372. The van der Waals surface area contributed by atoms with Gasteiger partial charge >= 0.3 is 0 Å². The van der Waals surface area contributed by atoms with Crippen LogP contribution in [0.4, 0.5) is 4.39 Å². The van der Waals surface area contributed by atoms with E-state index in [4.69, 9.17) is 26.3 Å². The molecule has 2 aromatic carbocycles. The van der Waals surface area contributed by atoms with Gasteiger partial charge in [-0.25, -0.2) is 4.39 Å². The second-order valence-corrected chi connectivity index (χ2v) is 4.63. The van der Waals surface area contributed by atoms with Gasteiger partial charge in [-0.05, 0) is 29.8 Å². The van der Waals surface area contributed by atoms with Crippen LogP contribution in [0.3, 0.4) is 0 Å². The highest BCUT2D eigenvalue weighted by Gasteiger charge is 2.06. The molecule has 0 atom stereocenters. The average molecular weight is 306 g/mol. The molecule has 0 radical (unpaired) electrons. The molecule has 2 rings (SSSR count). The summed E-state index contributed by atoms with van der Waals surface area (Å²) in [4.78, 5) is 0. The first kappa shape index (κ1) is 15.1. The van der Waals surface area contributed by atoms with Crippen molar-refractivity contribution in [3.8, 4) is 17.6 Å². The van der Waals surface area contributed by atoms with Crippen molar-refractivity contribution >= 4 is 11.6 Å². The summed E-state index contributed by atoms with van der Waals surface area (Å²) in [5, 5.41) is 8.60. The van der Waals surface area contributed by atoms with Gasteiger partial charge < -0.3 is 9.47 Å². The predicted octanol–water partition coefficient (Wildman–Crippen LogP) is 4.00. The zero-order valence-corrected chi connectivity index (χ0v) is 11.9. The van der Waals surface area contributed by atoms with Gasteiger partial charge in [-0.2, -0.15) is 5.26 Å². The summed E-state index contributed by atoms with van der Waals surface area (Å²) in [5.41, 5.74) is 0.932. The van der Waals surface area contributed by atoms with Crippen LogP contribution in [-0.2, 0) is 6.42 Å². The molecule has 21 heavy (non-hydrogen) atoms. The van der Waals surface area contributed by atoms with Crippen LogP contribution in [0.25, 0.3) is 0 Å². The Labute approximate surface area is 127 Å². The lowest BCUT2D eigenvalue weighted by molar-refractivity contribution is 0.211. The molecule has 0 aromatic heterocycles. The monoisotopic (exact) mass is 305 g/mol. The molecule has 0 aliphatic rings. The smallest absolute Gasteiger partial charge is 0.183 e. The van der Waals surface area contributed by atoms with Crippen molar-refractivity contribution in [2.75, 3.05) is 13.2 Å². The number of nitriles is 1. The second-order valence-electron chi connectivity index (χ2n) is 4.23. The van der Waals surface area contributed by atoms with Gasteiger partial charge in [0.25, 0.3) is 0 Å². The molecule has 0 bridgehead atoms. The second kappa shape index (κ2) is 7.51. The molecule has 0 aliphatic heterocycles. The van der Waals surface area contributed by atoms with Gasteiger partial charge in [-0.3, -0.25) is 0 Å². The number of halogens is 2. The molecule has 5 heteroatoms. The molecular formula is C16H13ClFNO2. The Morgan fingerprint density at radius 1 is 1.05 bits per heavy atom. The van der Waals surface area contributed by atoms with Crippen molar-refractivity contribution in [3.05, 3.63) is 58.9 Å². The summed E-state index contributed by atoms with van der Waals surface area (Å²) in [6, 6.07) is 13.9. The van der Waals surface area contributed by atoms with Gasteiger partial charge in [0.15, 0.2) is 11.6 Å². The minimum atomic E-state index is -0.569. The Bertz CT molecular complexity index is 638.